The number of hydrogen-bond acceptors (Lipinski definition) is 8. The zero-order valence-corrected chi connectivity index (χ0v) is 22.7. The lowest BCUT2D eigenvalue weighted by atomic mass is 10.1. The van der Waals surface area contributed by atoms with Crippen molar-refractivity contribution in [3.8, 4) is 11.3 Å². The van der Waals surface area contributed by atoms with Crippen molar-refractivity contribution < 1.29 is 19.2 Å². The van der Waals surface area contributed by atoms with Crippen LogP contribution in [0.15, 0.2) is 91.1 Å². The highest BCUT2D eigenvalue weighted by Gasteiger charge is 2.21. The quantitative estimate of drug-likeness (QED) is 0.245. The van der Waals surface area contributed by atoms with Crippen molar-refractivity contribution in [2.45, 2.75) is 13.0 Å². The van der Waals surface area contributed by atoms with Crippen LogP contribution >= 0.6 is 0 Å². The summed E-state index contributed by atoms with van der Waals surface area (Å²) in [7, 11) is 0. The van der Waals surface area contributed by atoms with Gasteiger partial charge in [0.25, 0.3) is 5.91 Å². The molecule has 0 saturated carbocycles. The van der Waals surface area contributed by atoms with E-state index in [-0.39, 0.29) is 11.8 Å². The molecule has 1 aliphatic heterocycles. The van der Waals surface area contributed by atoms with Gasteiger partial charge >= 0.3 is 0 Å². The van der Waals surface area contributed by atoms with Gasteiger partial charge in [-0.2, -0.15) is 0 Å². The summed E-state index contributed by atoms with van der Waals surface area (Å²) in [5.41, 5.74) is 7.18. The Kier molecular flexibility index (Phi) is 9.27. The minimum Gasteiger partial charge on any atom is -0.379 e. The molecule has 0 spiro atoms. The third kappa shape index (κ3) is 7.95. The van der Waals surface area contributed by atoms with Crippen molar-refractivity contribution in [2.75, 3.05) is 43.5 Å². The first-order valence-electron chi connectivity index (χ1n) is 13.4. The zero-order chi connectivity index (χ0) is 28.4. The number of carbonyl (C=O) groups excluding carboxylic acids is 2. The number of benzene rings is 3. The van der Waals surface area contributed by atoms with Crippen LogP contribution in [0.5, 0.6) is 0 Å². The topological polar surface area (TPSA) is 118 Å². The van der Waals surface area contributed by atoms with Crippen LogP contribution < -0.4 is 16.1 Å². The summed E-state index contributed by atoms with van der Waals surface area (Å²) in [5, 5.41) is 6.05. The van der Waals surface area contributed by atoms with Gasteiger partial charge in [-0.25, -0.2) is 15.4 Å². The Bertz CT molecular complexity index is 1460. The van der Waals surface area contributed by atoms with E-state index in [4.69, 9.17) is 9.57 Å². The highest BCUT2D eigenvalue weighted by atomic mass is 16.7. The first-order valence-corrected chi connectivity index (χ1v) is 13.4. The largest absolute Gasteiger partial charge is 0.379 e. The Labute approximate surface area is 238 Å². The summed E-state index contributed by atoms with van der Waals surface area (Å²) < 4.78 is 5.50. The molecule has 3 aromatic carbocycles. The highest BCUT2D eigenvalue weighted by Crippen LogP contribution is 2.25. The maximum atomic E-state index is 12.7. The van der Waals surface area contributed by atoms with Gasteiger partial charge in [0.1, 0.15) is 6.10 Å². The summed E-state index contributed by atoms with van der Waals surface area (Å²) in [5.74, 6) is 0.0143. The smallest absolute Gasteiger partial charge is 0.274 e. The molecular weight excluding hydrogens is 520 g/mol. The number of hydrogen-bond donors (Lipinski definition) is 3. The van der Waals surface area contributed by atoms with Crippen LogP contribution in [0.3, 0.4) is 0 Å². The molecule has 2 heterocycles. The van der Waals surface area contributed by atoms with E-state index in [9.17, 15) is 9.59 Å². The molecule has 10 heteroatoms. The van der Waals surface area contributed by atoms with E-state index in [1.165, 1.54) is 6.92 Å². The second kappa shape index (κ2) is 13.6. The molecule has 1 saturated heterocycles. The van der Waals surface area contributed by atoms with E-state index in [2.05, 4.69) is 31.0 Å². The first-order chi connectivity index (χ1) is 20.0. The van der Waals surface area contributed by atoms with Gasteiger partial charge in [-0.05, 0) is 48.0 Å². The summed E-state index contributed by atoms with van der Waals surface area (Å²) in [6, 6.07) is 26.1. The molecule has 0 aliphatic carbocycles. The highest BCUT2D eigenvalue weighted by molar-refractivity contribution is 5.93. The van der Waals surface area contributed by atoms with Gasteiger partial charge < -0.3 is 15.4 Å². The summed E-state index contributed by atoms with van der Waals surface area (Å²) in [6.45, 7) is 4.96. The third-order valence-electron chi connectivity index (χ3n) is 6.53. The predicted octanol–water partition coefficient (Wildman–Crippen LogP) is 4.58. The molecule has 10 nitrogen and oxygen atoms in total. The second-order valence-corrected chi connectivity index (χ2v) is 9.59. The Balaban J connectivity index is 1.31. The number of anilines is 3. The Morgan fingerprint density at radius 2 is 1.73 bits per heavy atom. The monoisotopic (exact) mass is 552 g/mol. The maximum Gasteiger partial charge on any atom is 0.274 e. The van der Waals surface area contributed by atoms with Crippen LogP contribution in [-0.4, -0.2) is 59.5 Å². The van der Waals surface area contributed by atoms with E-state index < -0.39 is 6.10 Å². The Morgan fingerprint density at radius 1 is 0.951 bits per heavy atom. The van der Waals surface area contributed by atoms with Gasteiger partial charge in [-0.3, -0.25) is 19.3 Å². The van der Waals surface area contributed by atoms with Gasteiger partial charge in [0.15, 0.2) is 0 Å². The van der Waals surface area contributed by atoms with Gasteiger partial charge in [0.05, 0.1) is 18.9 Å². The Hall–Kier alpha value is -4.64. The van der Waals surface area contributed by atoms with E-state index in [1.807, 2.05) is 72.8 Å². The average Bonchev–Trinajstić information content (AvgIpc) is 3.00. The normalized spacial score (nSPS) is 14.2. The van der Waals surface area contributed by atoms with E-state index in [0.717, 1.165) is 41.3 Å². The molecule has 1 aromatic heterocycles. The minimum atomic E-state index is -0.420. The number of hydroxylamine groups is 1. The third-order valence-corrected chi connectivity index (χ3v) is 6.53. The van der Waals surface area contributed by atoms with Crippen LogP contribution in [0.1, 0.15) is 28.9 Å². The molecular formula is C31H32N6O4. The van der Waals surface area contributed by atoms with E-state index in [1.54, 1.807) is 18.3 Å². The zero-order valence-electron chi connectivity index (χ0n) is 22.7. The molecule has 5 rings (SSSR count). The summed E-state index contributed by atoms with van der Waals surface area (Å²) >= 11 is 0. The lowest BCUT2D eigenvalue weighted by molar-refractivity contribution is -0.114. The van der Waals surface area contributed by atoms with Crippen LogP contribution in [0, 0.1) is 0 Å². The van der Waals surface area contributed by atoms with E-state index >= 15 is 0 Å². The number of ether oxygens (including phenoxy) is 1. The van der Waals surface area contributed by atoms with Crippen LogP contribution in [0.2, 0.25) is 0 Å². The second-order valence-electron chi connectivity index (χ2n) is 9.59. The molecule has 3 N–H and O–H groups in total. The predicted molar refractivity (Wildman–Crippen MR) is 156 cm³/mol. The number of rotatable bonds is 10. The minimum absolute atomic E-state index is 0.121. The molecule has 0 radical (unpaired) electrons. The molecule has 1 fully saturated rings. The van der Waals surface area contributed by atoms with Crippen molar-refractivity contribution in [2.24, 2.45) is 0 Å². The molecule has 1 atom stereocenters. The maximum absolute atomic E-state index is 12.7. The van der Waals surface area contributed by atoms with Crippen LogP contribution in [-0.2, 0) is 14.4 Å². The molecule has 2 amide bonds. The molecule has 0 bridgehead atoms. The average molecular weight is 553 g/mol. The molecule has 1 unspecified atom stereocenters. The van der Waals surface area contributed by atoms with Crippen molar-refractivity contribution >= 4 is 29.1 Å². The SMILES string of the molecule is CC(=O)Nc1ccc(-c2ccnc(Nc3cccc(C(CN4CCOCC4)ONC(=O)c4ccccc4)c3)n2)cc1. The van der Waals surface area contributed by atoms with Crippen LogP contribution in [0.4, 0.5) is 17.3 Å². The van der Waals surface area contributed by atoms with Gasteiger partial charge in [0, 0.05) is 55.3 Å². The molecule has 4 aromatic rings. The standard InChI is InChI=1S/C31H32N6O4/c1-22(38)33-26-12-10-23(11-13-26)28-14-15-32-31(35-28)34-27-9-5-8-25(20-27)29(21-37-16-18-40-19-17-37)41-36-30(39)24-6-3-2-4-7-24/h2-15,20,29H,16-19,21H2,1H3,(H,33,38)(H,36,39)(H,32,34,35). The number of morpholine rings is 1. The fourth-order valence-electron chi connectivity index (χ4n) is 4.46. The molecule has 210 valence electrons. The Morgan fingerprint density at radius 3 is 2.49 bits per heavy atom. The van der Waals surface area contributed by atoms with Crippen molar-refractivity contribution in [3.63, 3.8) is 0 Å². The van der Waals surface area contributed by atoms with Crippen molar-refractivity contribution in [3.05, 3.63) is 102 Å². The van der Waals surface area contributed by atoms with Gasteiger partial charge in [-0.15, -0.1) is 0 Å². The summed E-state index contributed by atoms with van der Waals surface area (Å²) in [6.07, 6.45) is 1.27. The lowest BCUT2D eigenvalue weighted by Crippen LogP contribution is -2.40. The van der Waals surface area contributed by atoms with Crippen molar-refractivity contribution in [1.82, 2.24) is 20.3 Å². The molecule has 41 heavy (non-hydrogen) atoms. The van der Waals surface area contributed by atoms with Gasteiger partial charge in [-0.1, -0.05) is 42.5 Å². The number of aromatic nitrogens is 2. The van der Waals surface area contributed by atoms with Crippen LogP contribution in [0.25, 0.3) is 11.3 Å². The number of nitrogens with one attached hydrogen (secondary N) is 3. The fourth-order valence-corrected chi connectivity index (χ4v) is 4.46. The lowest BCUT2D eigenvalue weighted by Gasteiger charge is -2.30. The molecule has 1 aliphatic rings. The first kappa shape index (κ1) is 27.9. The van der Waals surface area contributed by atoms with E-state index in [0.29, 0.717) is 31.3 Å². The number of nitrogens with zero attached hydrogens (tertiary/aromatic N) is 3. The van der Waals surface area contributed by atoms with Gasteiger partial charge in [0.2, 0.25) is 11.9 Å². The van der Waals surface area contributed by atoms with Crippen molar-refractivity contribution in [1.29, 1.82) is 0 Å². The number of amides is 2. The number of carbonyl (C=O) groups is 2. The fraction of sp³-hybridized carbons (Fsp3) is 0.226. The summed E-state index contributed by atoms with van der Waals surface area (Å²) in [4.78, 5) is 41.3.